The van der Waals surface area contributed by atoms with E-state index in [-0.39, 0.29) is 0 Å². The fraction of sp³-hybridized carbons (Fsp3) is 0.333. The summed E-state index contributed by atoms with van der Waals surface area (Å²) < 4.78 is 5.34. The van der Waals surface area contributed by atoms with Crippen molar-refractivity contribution in [3.05, 3.63) is 36.1 Å². The van der Waals surface area contributed by atoms with Gasteiger partial charge in [0.1, 0.15) is 5.58 Å². The third-order valence-electron chi connectivity index (χ3n) is 2.49. The van der Waals surface area contributed by atoms with Crippen LogP contribution in [0.1, 0.15) is 18.4 Å². The molecule has 0 saturated carbocycles. The fourth-order valence-corrected chi connectivity index (χ4v) is 1.73. The molecule has 0 fully saturated rings. The predicted molar refractivity (Wildman–Crippen MR) is 58.2 cm³/mol. The molecule has 0 saturated heterocycles. The molecular formula is C12H15NO. The summed E-state index contributed by atoms with van der Waals surface area (Å²) in [6.45, 7) is 0.779. The van der Waals surface area contributed by atoms with Gasteiger partial charge >= 0.3 is 0 Å². The zero-order chi connectivity index (χ0) is 9.80. The Morgan fingerprint density at radius 1 is 1.14 bits per heavy atom. The van der Waals surface area contributed by atoms with Crippen LogP contribution in [0.25, 0.3) is 11.0 Å². The Hall–Kier alpha value is -1.28. The van der Waals surface area contributed by atoms with Crippen LogP contribution < -0.4 is 5.73 Å². The molecule has 2 nitrogen and oxygen atoms in total. The van der Waals surface area contributed by atoms with Gasteiger partial charge in [0.15, 0.2) is 0 Å². The van der Waals surface area contributed by atoms with Crippen molar-refractivity contribution < 1.29 is 4.42 Å². The van der Waals surface area contributed by atoms with Gasteiger partial charge in [0.25, 0.3) is 0 Å². The monoisotopic (exact) mass is 189 g/mol. The Balaban J connectivity index is 2.19. The molecule has 0 radical (unpaired) electrons. The number of furan rings is 1. The quantitative estimate of drug-likeness (QED) is 0.751. The van der Waals surface area contributed by atoms with E-state index in [2.05, 4.69) is 6.07 Å². The number of unbranched alkanes of at least 4 members (excludes halogenated alkanes) is 1. The van der Waals surface area contributed by atoms with Crippen molar-refractivity contribution in [2.45, 2.75) is 19.3 Å². The standard InChI is InChI=1S/C12H15NO/c13-8-2-1-4-10-5-3-6-12-11(10)7-9-14-12/h3,5-7,9H,1-2,4,8,13H2. The van der Waals surface area contributed by atoms with Gasteiger partial charge in [-0.05, 0) is 43.5 Å². The summed E-state index contributed by atoms with van der Waals surface area (Å²) in [5, 5.41) is 1.24. The van der Waals surface area contributed by atoms with Crippen LogP contribution in [-0.4, -0.2) is 6.54 Å². The van der Waals surface area contributed by atoms with E-state index in [1.165, 1.54) is 10.9 Å². The third-order valence-corrected chi connectivity index (χ3v) is 2.49. The molecule has 1 aromatic heterocycles. The highest BCUT2D eigenvalue weighted by Gasteiger charge is 2.01. The average Bonchev–Trinajstić information content (AvgIpc) is 2.67. The SMILES string of the molecule is NCCCCc1cccc2occc12. The number of hydrogen-bond acceptors (Lipinski definition) is 2. The Kier molecular flexibility index (Phi) is 2.84. The first-order valence-electron chi connectivity index (χ1n) is 5.07. The van der Waals surface area contributed by atoms with Crippen molar-refractivity contribution in [1.29, 1.82) is 0 Å². The molecule has 0 aliphatic heterocycles. The Morgan fingerprint density at radius 2 is 2.07 bits per heavy atom. The molecule has 0 bridgehead atoms. The van der Waals surface area contributed by atoms with Crippen molar-refractivity contribution in [3.8, 4) is 0 Å². The second-order valence-electron chi connectivity index (χ2n) is 3.50. The molecular weight excluding hydrogens is 174 g/mol. The van der Waals surface area contributed by atoms with E-state index in [0.717, 1.165) is 31.4 Å². The first-order valence-corrected chi connectivity index (χ1v) is 5.07. The summed E-state index contributed by atoms with van der Waals surface area (Å²) in [6.07, 6.45) is 5.08. The van der Waals surface area contributed by atoms with Crippen LogP contribution in [0.15, 0.2) is 34.9 Å². The fourth-order valence-electron chi connectivity index (χ4n) is 1.73. The van der Waals surface area contributed by atoms with E-state index in [0.29, 0.717) is 0 Å². The maximum Gasteiger partial charge on any atom is 0.134 e. The van der Waals surface area contributed by atoms with E-state index in [9.17, 15) is 0 Å². The minimum Gasteiger partial charge on any atom is -0.464 e. The molecule has 2 N–H and O–H groups in total. The Labute approximate surface area is 83.7 Å². The van der Waals surface area contributed by atoms with Crippen molar-refractivity contribution in [1.82, 2.24) is 0 Å². The number of rotatable bonds is 4. The van der Waals surface area contributed by atoms with Gasteiger partial charge in [-0.2, -0.15) is 0 Å². The maximum absolute atomic E-state index is 5.47. The first kappa shape index (κ1) is 9.28. The summed E-state index contributed by atoms with van der Waals surface area (Å²) in [5.74, 6) is 0. The van der Waals surface area contributed by atoms with Gasteiger partial charge in [-0.3, -0.25) is 0 Å². The molecule has 0 amide bonds. The van der Waals surface area contributed by atoms with Gasteiger partial charge in [0.05, 0.1) is 6.26 Å². The number of hydrogen-bond donors (Lipinski definition) is 1. The van der Waals surface area contributed by atoms with E-state index in [4.69, 9.17) is 10.2 Å². The molecule has 2 rings (SSSR count). The molecule has 0 aliphatic carbocycles. The van der Waals surface area contributed by atoms with Crippen molar-refractivity contribution in [2.75, 3.05) is 6.54 Å². The molecule has 74 valence electrons. The largest absolute Gasteiger partial charge is 0.464 e. The van der Waals surface area contributed by atoms with E-state index in [1.54, 1.807) is 6.26 Å². The van der Waals surface area contributed by atoms with Crippen LogP contribution in [0.3, 0.4) is 0 Å². The third kappa shape index (κ3) is 1.80. The lowest BCUT2D eigenvalue weighted by Crippen LogP contribution is -1.99. The molecule has 0 spiro atoms. The van der Waals surface area contributed by atoms with Crippen molar-refractivity contribution >= 4 is 11.0 Å². The molecule has 2 aromatic rings. The minimum absolute atomic E-state index is 0.779. The van der Waals surface area contributed by atoms with E-state index < -0.39 is 0 Å². The molecule has 14 heavy (non-hydrogen) atoms. The van der Waals surface area contributed by atoms with Gasteiger partial charge in [-0.1, -0.05) is 12.1 Å². The highest BCUT2D eigenvalue weighted by Crippen LogP contribution is 2.21. The van der Waals surface area contributed by atoms with Crippen molar-refractivity contribution in [2.24, 2.45) is 5.73 Å². The number of benzene rings is 1. The second-order valence-corrected chi connectivity index (χ2v) is 3.50. The second kappa shape index (κ2) is 4.29. The lowest BCUT2D eigenvalue weighted by atomic mass is 10.0. The van der Waals surface area contributed by atoms with E-state index >= 15 is 0 Å². The van der Waals surface area contributed by atoms with Crippen LogP contribution in [0.2, 0.25) is 0 Å². The summed E-state index contributed by atoms with van der Waals surface area (Å²) >= 11 is 0. The molecule has 0 atom stereocenters. The van der Waals surface area contributed by atoms with E-state index in [1.807, 2.05) is 18.2 Å². The van der Waals surface area contributed by atoms with Gasteiger partial charge in [-0.15, -0.1) is 0 Å². The minimum atomic E-state index is 0.779. The molecule has 0 unspecified atom stereocenters. The highest BCUT2D eigenvalue weighted by molar-refractivity contribution is 5.80. The molecule has 0 aliphatic rings. The smallest absolute Gasteiger partial charge is 0.134 e. The predicted octanol–water partition coefficient (Wildman–Crippen LogP) is 2.71. The van der Waals surface area contributed by atoms with Crippen LogP contribution in [0.4, 0.5) is 0 Å². The topological polar surface area (TPSA) is 39.2 Å². The van der Waals surface area contributed by atoms with Crippen LogP contribution in [0, 0.1) is 0 Å². The molecule has 1 heterocycles. The Morgan fingerprint density at radius 3 is 2.93 bits per heavy atom. The average molecular weight is 189 g/mol. The van der Waals surface area contributed by atoms with Crippen LogP contribution >= 0.6 is 0 Å². The first-order chi connectivity index (χ1) is 6.92. The summed E-state index contributed by atoms with van der Waals surface area (Å²) in [5.41, 5.74) is 7.81. The van der Waals surface area contributed by atoms with Gasteiger partial charge < -0.3 is 10.2 Å². The molecule has 1 aromatic carbocycles. The molecule has 2 heteroatoms. The Bertz CT molecular complexity index is 405. The zero-order valence-corrected chi connectivity index (χ0v) is 8.20. The van der Waals surface area contributed by atoms with Crippen molar-refractivity contribution in [3.63, 3.8) is 0 Å². The number of nitrogens with two attached hydrogens (primary N) is 1. The van der Waals surface area contributed by atoms with Crippen LogP contribution in [0.5, 0.6) is 0 Å². The summed E-state index contributed by atoms with van der Waals surface area (Å²) in [4.78, 5) is 0. The maximum atomic E-state index is 5.47. The zero-order valence-electron chi connectivity index (χ0n) is 8.20. The van der Waals surface area contributed by atoms with Gasteiger partial charge in [0.2, 0.25) is 0 Å². The highest BCUT2D eigenvalue weighted by atomic mass is 16.3. The van der Waals surface area contributed by atoms with Gasteiger partial charge in [-0.25, -0.2) is 0 Å². The normalized spacial score (nSPS) is 10.9. The van der Waals surface area contributed by atoms with Gasteiger partial charge in [0, 0.05) is 5.39 Å². The summed E-state index contributed by atoms with van der Waals surface area (Å²) in [6, 6.07) is 8.24. The lowest BCUT2D eigenvalue weighted by molar-refractivity contribution is 0.615. The lowest BCUT2D eigenvalue weighted by Gasteiger charge is -2.01. The number of aryl methyl sites for hydroxylation is 1. The van der Waals surface area contributed by atoms with Crippen LogP contribution in [-0.2, 0) is 6.42 Å². The summed E-state index contributed by atoms with van der Waals surface area (Å²) in [7, 11) is 0. The number of fused-ring (bicyclic) bond motifs is 1.